The highest BCUT2D eigenvalue weighted by molar-refractivity contribution is 6.03. The molecule has 1 fully saturated rings. The normalized spacial score (nSPS) is 14.0. The number of rotatable bonds is 4. The van der Waals surface area contributed by atoms with Crippen molar-refractivity contribution in [2.45, 2.75) is 0 Å². The quantitative estimate of drug-likeness (QED) is 0.728. The van der Waals surface area contributed by atoms with Crippen molar-refractivity contribution >= 4 is 23.0 Å². The van der Waals surface area contributed by atoms with Crippen LogP contribution < -0.4 is 15.1 Å². The van der Waals surface area contributed by atoms with Crippen LogP contribution in [0.25, 0.3) is 0 Å². The number of halogens is 2. The summed E-state index contributed by atoms with van der Waals surface area (Å²) in [4.78, 5) is 21.0. The van der Waals surface area contributed by atoms with E-state index in [1.54, 1.807) is 18.3 Å². The van der Waals surface area contributed by atoms with Gasteiger partial charge >= 0.3 is 0 Å². The molecule has 148 valence electrons. The maximum Gasteiger partial charge on any atom is 0.274 e. The average Bonchev–Trinajstić information content (AvgIpc) is 2.77. The van der Waals surface area contributed by atoms with Crippen molar-refractivity contribution in [1.29, 1.82) is 0 Å². The predicted octanol–water partition coefficient (Wildman–Crippen LogP) is 3.94. The third-order valence-electron chi connectivity index (χ3n) is 4.95. The van der Waals surface area contributed by atoms with Crippen molar-refractivity contribution in [3.63, 3.8) is 0 Å². The Morgan fingerprint density at radius 1 is 0.793 bits per heavy atom. The van der Waals surface area contributed by atoms with Gasteiger partial charge in [-0.05, 0) is 36.4 Å². The molecule has 29 heavy (non-hydrogen) atoms. The summed E-state index contributed by atoms with van der Waals surface area (Å²) in [5, 5.41) is 2.25. The number of carbonyl (C=O) groups is 1. The second-order valence-electron chi connectivity index (χ2n) is 6.76. The molecule has 1 amide bonds. The van der Waals surface area contributed by atoms with Crippen LogP contribution in [-0.2, 0) is 0 Å². The van der Waals surface area contributed by atoms with Gasteiger partial charge in [-0.1, -0.05) is 24.3 Å². The lowest BCUT2D eigenvalue weighted by Gasteiger charge is -2.37. The van der Waals surface area contributed by atoms with Crippen LogP contribution >= 0.6 is 0 Å². The van der Waals surface area contributed by atoms with Crippen molar-refractivity contribution in [1.82, 2.24) is 4.98 Å². The van der Waals surface area contributed by atoms with Gasteiger partial charge in [0.15, 0.2) is 0 Å². The van der Waals surface area contributed by atoms with E-state index in [4.69, 9.17) is 0 Å². The number of pyridine rings is 1. The second-order valence-corrected chi connectivity index (χ2v) is 6.76. The molecule has 0 unspecified atom stereocenters. The number of carbonyl (C=O) groups excluding carboxylic acids is 1. The van der Waals surface area contributed by atoms with Crippen LogP contribution in [0.3, 0.4) is 0 Å². The Morgan fingerprint density at radius 2 is 1.41 bits per heavy atom. The smallest absolute Gasteiger partial charge is 0.274 e. The van der Waals surface area contributed by atoms with Gasteiger partial charge < -0.3 is 15.1 Å². The summed E-state index contributed by atoms with van der Waals surface area (Å²) in [6.07, 6.45) is 1.62. The van der Waals surface area contributed by atoms with Gasteiger partial charge in [0.1, 0.15) is 23.0 Å². The lowest BCUT2D eigenvalue weighted by molar-refractivity contribution is 0.102. The molecule has 7 heteroatoms. The summed E-state index contributed by atoms with van der Waals surface area (Å²) in [5.41, 5.74) is 1.74. The van der Waals surface area contributed by atoms with E-state index >= 15 is 0 Å². The van der Waals surface area contributed by atoms with Gasteiger partial charge in [0.05, 0.1) is 11.9 Å². The molecule has 0 bridgehead atoms. The molecule has 0 saturated carbocycles. The number of nitrogens with one attached hydrogen (secondary N) is 1. The highest BCUT2D eigenvalue weighted by atomic mass is 19.1. The minimum Gasteiger partial charge on any atom is -0.368 e. The summed E-state index contributed by atoms with van der Waals surface area (Å²) >= 11 is 0. The first-order chi connectivity index (χ1) is 14.1. The van der Waals surface area contributed by atoms with Crippen LogP contribution in [0.2, 0.25) is 0 Å². The Hall–Kier alpha value is -3.48. The molecular weight excluding hydrogens is 374 g/mol. The van der Waals surface area contributed by atoms with Gasteiger partial charge in [0.2, 0.25) is 0 Å². The molecular formula is C22H20F2N4O. The van der Waals surface area contributed by atoms with Crippen molar-refractivity contribution in [2.24, 2.45) is 0 Å². The first-order valence-electron chi connectivity index (χ1n) is 9.38. The van der Waals surface area contributed by atoms with Crippen molar-refractivity contribution in [3.8, 4) is 0 Å². The Balaban J connectivity index is 1.39. The first-order valence-corrected chi connectivity index (χ1v) is 9.38. The summed E-state index contributed by atoms with van der Waals surface area (Å²) in [7, 11) is 0. The van der Waals surface area contributed by atoms with Gasteiger partial charge in [-0.25, -0.2) is 13.8 Å². The van der Waals surface area contributed by atoms with Gasteiger partial charge in [0, 0.05) is 31.9 Å². The lowest BCUT2D eigenvalue weighted by atomic mass is 10.2. The number of amides is 1. The number of hydrogen-bond donors (Lipinski definition) is 1. The molecule has 1 saturated heterocycles. The minimum atomic E-state index is -0.828. The molecule has 2 aromatic carbocycles. The monoisotopic (exact) mass is 394 g/mol. The molecule has 4 rings (SSSR count). The van der Waals surface area contributed by atoms with E-state index in [9.17, 15) is 13.6 Å². The predicted molar refractivity (Wildman–Crippen MR) is 109 cm³/mol. The highest BCUT2D eigenvalue weighted by Gasteiger charge is 2.19. The van der Waals surface area contributed by atoms with E-state index in [1.807, 2.05) is 18.2 Å². The third-order valence-corrected chi connectivity index (χ3v) is 4.95. The maximum atomic E-state index is 13.7. The van der Waals surface area contributed by atoms with Crippen LogP contribution in [0.15, 0.2) is 66.9 Å². The van der Waals surface area contributed by atoms with Crippen LogP contribution in [0.5, 0.6) is 0 Å². The molecule has 0 spiro atoms. The first kappa shape index (κ1) is 18.9. The molecule has 3 aromatic rings. The lowest BCUT2D eigenvalue weighted by Crippen LogP contribution is -2.46. The van der Waals surface area contributed by atoms with Crippen molar-refractivity contribution in [3.05, 3.63) is 84.2 Å². The highest BCUT2D eigenvalue weighted by Crippen LogP contribution is 2.21. The number of benzene rings is 2. The van der Waals surface area contributed by atoms with Crippen molar-refractivity contribution < 1.29 is 13.6 Å². The molecule has 0 aliphatic carbocycles. The van der Waals surface area contributed by atoms with Crippen LogP contribution in [-0.4, -0.2) is 37.1 Å². The van der Waals surface area contributed by atoms with E-state index in [0.29, 0.717) is 0 Å². The summed E-state index contributed by atoms with van der Waals surface area (Å²) < 4.78 is 27.4. The molecule has 1 aliphatic rings. The fraction of sp³-hybridized carbons (Fsp3) is 0.182. The van der Waals surface area contributed by atoms with Crippen LogP contribution in [0.4, 0.5) is 25.8 Å². The third kappa shape index (κ3) is 4.18. The zero-order valence-corrected chi connectivity index (χ0v) is 15.7. The molecule has 0 atom stereocenters. The second kappa shape index (κ2) is 8.26. The average molecular weight is 394 g/mol. The van der Waals surface area contributed by atoms with E-state index in [1.165, 1.54) is 11.8 Å². The van der Waals surface area contributed by atoms with Gasteiger partial charge in [-0.2, -0.15) is 0 Å². The van der Waals surface area contributed by atoms with Gasteiger partial charge in [0.25, 0.3) is 5.91 Å². The number of para-hydroxylation sites is 2. The van der Waals surface area contributed by atoms with Gasteiger partial charge in [-0.15, -0.1) is 0 Å². The maximum absolute atomic E-state index is 13.7. The summed E-state index contributed by atoms with van der Waals surface area (Å²) in [5.74, 6) is -2.31. The Kier molecular flexibility index (Phi) is 5.37. The zero-order chi connectivity index (χ0) is 20.2. The standard InChI is InChI=1S/C22H20F2N4O/c23-18-7-4-8-19(24)21(18)26-22(29)20-10-9-17(15-25-20)28-13-11-27(12-14-28)16-5-2-1-3-6-16/h1-10,15H,11-14H2,(H,26,29). The fourth-order valence-electron chi connectivity index (χ4n) is 3.36. The zero-order valence-electron chi connectivity index (χ0n) is 15.7. The topological polar surface area (TPSA) is 48.5 Å². The molecule has 0 radical (unpaired) electrons. The van der Waals surface area contributed by atoms with E-state index in [0.717, 1.165) is 44.0 Å². The molecule has 1 aromatic heterocycles. The number of hydrogen-bond acceptors (Lipinski definition) is 4. The molecule has 1 N–H and O–H groups in total. The molecule has 5 nitrogen and oxygen atoms in total. The summed E-state index contributed by atoms with van der Waals surface area (Å²) in [6, 6.07) is 17.0. The van der Waals surface area contributed by atoms with Gasteiger partial charge in [-0.3, -0.25) is 4.79 Å². The van der Waals surface area contributed by atoms with E-state index in [2.05, 4.69) is 32.2 Å². The molecule has 1 aliphatic heterocycles. The van der Waals surface area contributed by atoms with Crippen LogP contribution in [0, 0.1) is 11.6 Å². The van der Waals surface area contributed by atoms with Crippen LogP contribution in [0.1, 0.15) is 10.5 Å². The number of anilines is 3. The molecule has 2 heterocycles. The fourth-order valence-corrected chi connectivity index (χ4v) is 3.36. The number of aromatic nitrogens is 1. The SMILES string of the molecule is O=C(Nc1c(F)cccc1F)c1ccc(N2CCN(c3ccccc3)CC2)cn1. The number of nitrogens with zero attached hydrogens (tertiary/aromatic N) is 3. The largest absolute Gasteiger partial charge is 0.368 e. The Bertz CT molecular complexity index is 967. The Morgan fingerprint density at radius 3 is 2.00 bits per heavy atom. The summed E-state index contributed by atoms with van der Waals surface area (Å²) in [6.45, 7) is 3.45. The van der Waals surface area contributed by atoms with Crippen molar-refractivity contribution in [2.75, 3.05) is 41.3 Å². The number of piperazine rings is 1. The van der Waals surface area contributed by atoms with E-state index < -0.39 is 23.2 Å². The minimum absolute atomic E-state index is 0.0966. The van der Waals surface area contributed by atoms with E-state index in [-0.39, 0.29) is 5.69 Å². The Labute approximate surface area is 167 Å².